The quantitative estimate of drug-likeness (QED) is 0.727. The van der Waals surface area contributed by atoms with Crippen LogP contribution in [0, 0.1) is 5.82 Å². The van der Waals surface area contributed by atoms with Crippen molar-refractivity contribution in [1.29, 1.82) is 0 Å². The van der Waals surface area contributed by atoms with Gasteiger partial charge in [-0.05, 0) is 24.3 Å². The lowest BCUT2D eigenvalue weighted by atomic mass is 9.84. The Morgan fingerprint density at radius 3 is 2.55 bits per heavy atom. The Bertz CT molecular complexity index is 876. The second-order valence-corrected chi connectivity index (χ2v) is 7.32. The molecule has 0 aromatic carbocycles. The molecular formula is C20H21F4N3O4. The molecule has 1 N–H and O–H groups in total. The lowest BCUT2D eigenvalue weighted by Gasteiger charge is -2.52. The Morgan fingerprint density at radius 2 is 1.94 bits per heavy atom. The number of carboxylic acid groups (broad SMARTS) is 1. The molecule has 0 saturated carbocycles. The van der Waals surface area contributed by atoms with E-state index in [4.69, 9.17) is 19.4 Å². The van der Waals surface area contributed by atoms with Crippen molar-refractivity contribution in [1.82, 2.24) is 14.9 Å². The van der Waals surface area contributed by atoms with Crippen LogP contribution in [0.3, 0.4) is 0 Å². The molecule has 4 rings (SSSR count). The molecule has 0 radical (unpaired) electrons. The largest absolute Gasteiger partial charge is 0.490 e. The van der Waals surface area contributed by atoms with Crippen LogP contribution < -0.4 is 4.74 Å². The lowest BCUT2D eigenvalue weighted by Crippen LogP contribution is -2.65. The molecule has 11 heteroatoms. The molecule has 0 bridgehead atoms. The van der Waals surface area contributed by atoms with E-state index in [0.29, 0.717) is 6.61 Å². The monoisotopic (exact) mass is 443 g/mol. The summed E-state index contributed by atoms with van der Waals surface area (Å²) in [5.74, 6) is -3.08. The number of likely N-dealkylation sites (tertiary alicyclic amines) is 1. The molecule has 1 atom stereocenters. The Kier molecular flexibility index (Phi) is 7.06. The Morgan fingerprint density at radius 1 is 1.23 bits per heavy atom. The number of nitrogens with zero attached hydrogens (tertiary/aromatic N) is 3. The molecular weight excluding hydrogens is 422 g/mol. The van der Waals surface area contributed by atoms with Gasteiger partial charge in [0.05, 0.1) is 17.9 Å². The summed E-state index contributed by atoms with van der Waals surface area (Å²) in [6.07, 6.45) is -0.251. The molecule has 1 unspecified atom stereocenters. The van der Waals surface area contributed by atoms with Crippen molar-refractivity contribution in [3.63, 3.8) is 0 Å². The molecule has 4 heterocycles. The van der Waals surface area contributed by atoms with E-state index in [0.717, 1.165) is 38.2 Å². The lowest BCUT2D eigenvalue weighted by molar-refractivity contribution is -0.192. The van der Waals surface area contributed by atoms with Gasteiger partial charge in [-0.1, -0.05) is 6.07 Å². The Hall–Kier alpha value is -2.79. The van der Waals surface area contributed by atoms with Crippen molar-refractivity contribution in [2.24, 2.45) is 0 Å². The smallest absolute Gasteiger partial charge is 0.475 e. The van der Waals surface area contributed by atoms with Crippen LogP contribution >= 0.6 is 0 Å². The second kappa shape index (κ2) is 9.56. The van der Waals surface area contributed by atoms with Gasteiger partial charge in [-0.3, -0.25) is 9.88 Å². The van der Waals surface area contributed by atoms with E-state index in [1.165, 1.54) is 6.07 Å². The highest BCUT2D eigenvalue weighted by atomic mass is 19.4. The third-order valence-corrected chi connectivity index (χ3v) is 4.83. The van der Waals surface area contributed by atoms with Gasteiger partial charge in [0.1, 0.15) is 6.10 Å². The number of rotatable bonds is 4. The fourth-order valence-electron chi connectivity index (χ4n) is 3.52. The molecule has 2 aromatic rings. The van der Waals surface area contributed by atoms with E-state index in [1.807, 2.05) is 24.4 Å². The van der Waals surface area contributed by atoms with E-state index in [2.05, 4.69) is 14.9 Å². The third-order valence-electron chi connectivity index (χ3n) is 4.83. The number of hydrogen-bond donors (Lipinski definition) is 1. The number of aromatic nitrogens is 2. The van der Waals surface area contributed by atoms with Gasteiger partial charge in [0, 0.05) is 44.9 Å². The summed E-state index contributed by atoms with van der Waals surface area (Å²) in [6, 6.07) is 8.89. The fourth-order valence-corrected chi connectivity index (χ4v) is 3.52. The van der Waals surface area contributed by atoms with E-state index in [-0.39, 0.29) is 17.6 Å². The van der Waals surface area contributed by atoms with E-state index in [9.17, 15) is 17.6 Å². The predicted octanol–water partition coefficient (Wildman–Crippen LogP) is 3.06. The first kappa shape index (κ1) is 22.9. The van der Waals surface area contributed by atoms with E-state index >= 15 is 0 Å². The topological polar surface area (TPSA) is 84.8 Å². The summed E-state index contributed by atoms with van der Waals surface area (Å²) in [5, 5.41) is 7.12. The van der Waals surface area contributed by atoms with Crippen molar-refractivity contribution in [3.8, 4) is 5.88 Å². The summed E-state index contributed by atoms with van der Waals surface area (Å²) in [4.78, 5) is 19.5. The first-order valence-corrected chi connectivity index (χ1v) is 9.50. The van der Waals surface area contributed by atoms with Gasteiger partial charge in [0.25, 0.3) is 5.88 Å². The number of carbonyl (C=O) groups is 1. The molecule has 31 heavy (non-hydrogen) atoms. The number of pyridine rings is 2. The zero-order valence-electron chi connectivity index (χ0n) is 16.4. The van der Waals surface area contributed by atoms with Crippen LogP contribution in [0.4, 0.5) is 17.6 Å². The van der Waals surface area contributed by atoms with Crippen LogP contribution in [0.15, 0.2) is 42.7 Å². The summed E-state index contributed by atoms with van der Waals surface area (Å²) < 4.78 is 57.2. The highest BCUT2D eigenvalue weighted by molar-refractivity contribution is 5.73. The molecule has 0 aliphatic carbocycles. The highest BCUT2D eigenvalue weighted by Gasteiger charge is 2.48. The van der Waals surface area contributed by atoms with Gasteiger partial charge in [-0.15, -0.1) is 0 Å². The number of hydrogen-bond acceptors (Lipinski definition) is 6. The number of alkyl halides is 3. The minimum atomic E-state index is -5.08. The minimum Gasteiger partial charge on any atom is -0.475 e. The summed E-state index contributed by atoms with van der Waals surface area (Å²) in [7, 11) is 0. The maximum atomic E-state index is 13.7. The highest BCUT2D eigenvalue weighted by Crippen LogP contribution is 2.36. The van der Waals surface area contributed by atoms with Crippen LogP contribution in [0.5, 0.6) is 5.88 Å². The fraction of sp³-hybridized carbons (Fsp3) is 0.450. The van der Waals surface area contributed by atoms with Crippen molar-refractivity contribution in [2.45, 2.75) is 37.3 Å². The Labute approximate surface area is 175 Å². The van der Waals surface area contributed by atoms with Gasteiger partial charge >= 0.3 is 12.1 Å². The van der Waals surface area contributed by atoms with Gasteiger partial charge in [0.15, 0.2) is 5.82 Å². The summed E-state index contributed by atoms with van der Waals surface area (Å²) in [6.45, 7) is 3.17. The molecule has 2 aromatic heterocycles. The van der Waals surface area contributed by atoms with Crippen molar-refractivity contribution in [2.75, 3.05) is 19.7 Å². The number of aliphatic carboxylic acids is 1. The van der Waals surface area contributed by atoms with Crippen molar-refractivity contribution < 1.29 is 36.9 Å². The number of ether oxygens (including phenoxy) is 2. The van der Waals surface area contributed by atoms with E-state index < -0.39 is 18.0 Å². The maximum absolute atomic E-state index is 13.7. The SMILES string of the molecule is Fc1cccnc1OC1CCOC2(C1)CN(Cc1ccccn1)C2.O=C(O)C(F)(F)F. The average Bonchev–Trinajstić information content (AvgIpc) is 2.69. The number of halogens is 4. The minimum absolute atomic E-state index is 0.0554. The molecule has 7 nitrogen and oxygen atoms in total. The van der Waals surface area contributed by atoms with Gasteiger partial charge < -0.3 is 14.6 Å². The van der Waals surface area contributed by atoms with Gasteiger partial charge in [-0.25, -0.2) is 14.2 Å². The average molecular weight is 443 g/mol. The summed E-state index contributed by atoms with van der Waals surface area (Å²) >= 11 is 0. The van der Waals surface area contributed by atoms with Gasteiger partial charge in [-0.2, -0.15) is 13.2 Å². The predicted molar refractivity (Wildman–Crippen MR) is 99.7 cm³/mol. The number of carboxylic acids is 1. The molecule has 168 valence electrons. The molecule has 2 aliphatic heterocycles. The third kappa shape index (κ3) is 6.34. The van der Waals surface area contributed by atoms with Crippen LogP contribution in [0.25, 0.3) is 0 Å². The standard InChI is InChI=1S/C18H20FN3O2.C2HF3O2/c19-16-5-3-8-21-17(16)24-15-6-9-23-18(10-15)12-22(13-18)11-14-4-1-2-7-20-14;3-2(4,5)1(6)7/h1-5,7-8,15H,6,9-13H2;(H,6,7). The first-order valence-electron chi connectivity index (χ1n) is 9.50. The molecule has 2 aliphatic rings. The second-order valence-electron chi connectivity index (χ2n) is 7.32. The zero-order valence-corrected chi connectivity index (χ0v) is 16.4. The van der Waals surface area contributed by atoms with Crippen molar-refractivity contribution in [3.05, 3.63) is 54.2 Å². The van der Waals surface area contributed by atoms with Crippen LogP contribution in [-0.2, 0) is 16.1 Å². The van der Waals surface area contributed by atoms with Crippen LogP contribution in [0.1, 0.15) is 18.5 Å². The van der Waals surface area contributed by atoms with Crippen molar-refractivity contribution >= 4 is 5.97 Å². The molecule has 1 spiro atoms. The molecule has 2 saturated heterocycles. The van der Waals surface area contributed by atoms with E-state index in [1.54, 1.807) is 12.3 Å². The summed E-state index contributed by atoms with van der Waals surface area (Å²) in [5.41, 5.74) is 0.884. The molecule has 2 fully saturated rings. The normalized spacial score (nSPS) is 20.3. The van der Waals surface area contributed by atoms with Crippen LogP contribution in [0.2, 0.25) is 0 Å². The Balaban J connectivity index is 0.000000339. The zero-order chi connectivity index (χ0) is 22.5. The maximum Gasteiger partial charge on any atom is 0.490 e. The molecule has 0 amide bonds. The first-order chi connectivity index (χ1) is 14.7. The van der Waals surface area contributed by atoms with Gasteiger partial charge in [0.2, 0.25) is 0 Å². The van der Waals surface area contributed by atoms with Crippen LogP contribution in [-0.4, -0.2) is 63.5 Å².